The number of rotatable bonds is 8. The number of anilines is 1. The predicted octanol–water partition coefficient (Wildman–Crippen LogP) is 4.39. The summed E-state index contributed by atoms with van der Waals surface area (Å²) in [6.07, 6.45) is 2.29. The normalized spacial score (nSPS) is 12.2. The van der Waals surface area contributed by atoms with E-state index in [-0.39, 0.29) is 5.54 Å². The molecule has 1 aromatic rings. The second-order valence-corrected chi connectivity index (χ2v) is 7.42. The lowest BCUT2D eigenvalue weighted by Gasteiger charge is -2.34. The van der Waals surface area contributed by atoms with Gasteiger partial charge in [-0.15, -0.1) is 11.3 Å². The van der Waals surface area contributed by atoms with Gasteiger partial charge in [-0.2, -0.15) is 0 Å². The van der Waals surface area contributed by atoms with Crippen LogP contribution in [0.5, 0.6) is 0 Å². The zero-order chi connectivity index (χ0) is 15.3. The molecule has 1 aromatic heterocycles. The number of thiazole rings is 1. The molecule has 1 N–H and O–H groups in total. The molecule has 0 spiro atoms. The largest absolute Gasteiger partial charge is 0.346 e. The van der Waals surface area contributed by atoms with Crippen molar-refractivity contribution in [1.29, 1.82) is 0 Å². The minimum Gasteiger partial charge on any atom is -0.346 e. The van der Waals surface area contributed by atoms with E-state index in [0.29, 0.717) is 5.92 Å². The molecule has 3 nitrogen and oxygen atoms in total. The second kappa shape index (κ2) is 7.41. The van der Waals surface area contributed by atoms with Gasteiger partial charge in [-0.05, 0) is 39.2 Å². The van der Waals surface area contributed by atoms with Gasteiger partial charge in [0.2, 0.25) is 0 Å². The van der Waals surface area contributed by atoms with Crippen LogP contribution in [0.2, 0.25) is 0 Å². The first kappa shape index (κ1) is 17.4. The molecule has 116 valence electrons. The predicted molar refractivity (Wildman–Crippen MR) is 91.0 cm³/mol. The van der Waals surface area contributed by atoms with Crippen molar-refractivity contribution in [3.63, 3.8) is 0 Å². The molecule has 1 heterocycles. The van der Waals surface area contributed by atoms with Crippen molar-refractivity contribution in [2.75, 3.05) is 18.5 Å². The molecule has 0 saturated carbocycles. The molecule has 0 fully saturated rings. The van der Waals surface area contributed by atoms with E-state index in [4.69, 9.17) is 4.98 Å². The summed E-state index contributed by atoms with van der Waals surface area (Å²) in [5.74, 6) is 0.483. The minimum atomic E-state index is 0.153. The summed E-state index contributed by atoms with van der Waals surface area (Å²) in [5, 5.41) is 4.65. The van der Waals surface area contributed by atoms with Crippen molar-refractivity contribution < 1.29 is 0 Å². The number of hydrogen-bond donors (Lipinski definition) is 1. The summed E-state index contributed by atoms with van der Waals surface area (Å²) < 4.78 is 0. The van der Waals surface area contributed by atoms with Gasteiger partial charge in [-0.25, -0.2) is 4.98 Å². The maximum atomic E-state index is 4.91. The van der Waals surface area contributed by atoms with Crippen molar-refractivity contribution >= 4 is 16.5 Å². The Bertz CT molecular complexity index is 410. The molecule has 0 aliphatic heterocycles. The average molecular weight is 298 g/mol. The van der Waals surface area contributed by atoms with E-state index in [2.05, 4.69) is 58.8 Å². The maximum absolute atomic E-state index is 4.91. The molecule has 0 saturated heterocycles. The minimum absolute atomic E-state index is 0.153. The Morgan fingerprint density at radius 1 is 1.30 bits per heavy atom. The fourth-order valence-electron chi connectivity index (χ4n) is 1.95. The summed E-state index contributed by atoms with van der Waals surface area (Å²) in [5.41, 5.74) is 1.41. The zero-order valence-electron chi connectivity index (χ0n) is 14.2. The third-order valence-corrected chi connectivity index (χ3v) is 5.18. The molecule has 0 amide bonds. The highest BCUT2D eigenvalue weighted by Crippen LogP contribution is 2.34. The Hall–Kier alpha value is -0.610. The Morgan fingerprint density at radius 2 is 1.95 bits per heavy atom. The Labute approximate surface area is 128 Å². The maximum Gasteiger partial charge on any atom is 0.186 e. The Balaban J connectivity index is 2.96. The lowest BCUT2D eigenvalue weighted by Crippen LogP contribution is -2.40. The van der Waals surface area contributed by atoms with Crippen LogP contribution < -0.4 is 10.2 Å². The first-order chi connectivity index (χ1) is 9.33. The zero-order valence-corrected chi connectivity index (χ0v) is 15.0. The van der Waals surface area contributed by atoms with Crippen LogP contribution in [0, 0.1) is 0 Å². The van der Waals surface area contributed by atoms with Crippen LogP contribution >= 0.6 is 11.3 Å². The highest BCUT2D eigenvalue weighted by Gasteiger charge is 2.25. The van der Waals surface area contributed by atoms with Crippen LogP contribution in [0.4, 0.5) is 5.13 Å². The highest BCUT2D eigenvalue weighted by molar-refractivity contribution is 7.15. The molecule has 0 radical (unpaired) electrons. The molecule has 1 rings (SSSR count). The lowest BCUT2D eigenvalue weighted by molar-refractivity contribution is 0.469. The summed E-state index contributed by atoms with van der Waals surface area (Å²) in [6.45, 7) is 15.5. The standard InChI is InChI=1S/C16H31N3S/c1-8-10-17-11-13-14(12(3)4)18-15(20-13)19(7)16(5,6)9-2/h12,17H,8-11H2,1-7H3. The van der Waals surface area contributed by atoms with E-state index >= 15 is 0 Å². The molecule has 20 heavy (non-hydrogen) atoms. The SMILES string of the molecule is CCCNCc1sc(N(C)C(C)(C)CC)nc1C(C)C. The first-order valence-electron chi connectivity index (χ1n) is 7.77. The molecule has 0 atom stereocenters. The van der Waals surface area contributed by atoms with Gasteiger partial charge in [0.05, 0.1) is 5.69 Å². The van der Waals surface area contributed by atoms with E-state index < -0.39 is 0 Å². The molecular weight excluding hydrogens is 266 g/mol. The summed E-state index contributed by atoms with van der Waals surface area (Å²) in [7, 11) is 2.16. The van der Waals surface area contributed by atoms with Crippen LogP contribution in [-0.2, 0) is 6.54 Å². The average Bonchev–Trinajstić information content (AvgIpc) is 2.82. The van der Waals surface area contributed by atoms with Crippen LogP contribution in [0.25, 0.3) is 0 Å². The number of nitrogens with one attached hydrogen (secondary N) is 1. The molecule has 0 aromatic carbocycles. The molecular formula is C16H31N3S. The summed E-state index contributed by atoms with van der Waals surface area (Å²) >= 11 is 1.84. The van der Waals surface area contributed by atoms with E-state index in [9.17, 15) is 0 Å². The molecule has 0 unspecified atom stereocenters. The fourth-order valence-corrected chi connectivity index (χ4v) is 3.26. The van der Waals surface area contributed by atoms with Crippen LogP contribution in [-0.4, -0.2) is 24.1 Å². The first-order valence-corrected chi connectivity index (χ1v) is 8.59. The van der Waals surface area contributed by atoms with Crippen molar-refractivity contribution in [2.24, 2.45) is 0 Å². The van der Waals surface area contributed by atoms with Crippen molar-refractivity contribution in [1.82, 2.24) is 10.3 Å². The fraction of sp³-hybridized carbons (Fsp3) is 0.812. The highest BCUT2D eigenvalue weighted by atomic mass is 32.1. The molecule has 0 aliphatic rings. The monoisotopic (exact) mass is 297 g/mol. The lowest BCUT2D eigenvalue weighted by atomic mass is 10.0. The number of hydrogen-bond acceptors (Lipinski definition) is 4. The Kier molecular flexibility index (Phi) is 6.46. The van der Waals surface area contributed by atoms with E-state index in [1.54, 1.807) is 0 Å². The van der Waals surface area contributed by atoms with Crippen LogP contribution in [0.1, 0.15) is 70.9 Å². The summed E-state index contributed by atoms with van der Waals surface area (Å²) in [6, 6.07) is 0. The van der Waals surface area contributed by atoms with Gasteiger partial charge < -0.3 is 10.2 Å². The van der Waals surface area contributed by atoms with Gasteiger partial charge in [-0.3, -0.25) is 0 Å². The van der Waals surface area contributed by atoms with Gasteiger partial charge in [0, 0.05) is 24.0 Å². The van der Waals surface area contributed by atoms with E-state index in [1.165, 1.54) is 17.0 Å². The molecule has 0 aliphatic carbocycles. The number of nitrogens with zero attached hydrogens (tertiary/aromatic N) is 2. The van der Waals surface area contributed by atoms with Gasteiger partial charge in [0.15, 0.2) is 5.13 Å². The van der Waals surface area contributed by atoms with Crippen LogP contribution in [0.15, 0.2) is 0 Å². The van der Waals surface area contributed by atoms with Gasteiger partial charge in [0.1, 0.15) is 0 Å². The van der Waals surface area contributed by atoms with Crippen molar-refractivity contribution in [2.45, 2.75) is 72.4 Å². The number of aromatic nitrogens is 1. The molecule has 4 heteroatoms. The third kappa shape index (κ3) is 4.19. The quantitative estimate of drug-likeness (QED) is 0.721. The van der Waals surface area contributed by atoms with Crippen molar-refractivity contribution in [3.05, 3.63) is 10.6 Å². The summed E-state index contributed by atoms with van der Waals surface area (Å²) in [4.78, 5) is 8.62. The van der Waals surface area contributed by atoms with Gasteiger partial charge >= 0.3 is 0 Å². The van der Waals surface area contributed by atoms with E-state index in [1.807, 2.05) is 11.3 Å². The van der Waals surface area contributed by atoms with Gasteiger partial charge in [-0.1, -0.05) is 27.7 Å². The van der Waals surface area contributed by atoms with Crippen LogP contribution in [0.3, 0.4) is 0 Å². The molecule has 0 bridgehead atoms. The van der Waals surface area contributed by atoms with Gasteiger partial charge in [0.25, 0.3) is 0 Å². The Morgan fingerprint density at radius 3 is 2.45 bits per heavy atom. The smallest absolute Gasteiger partial charge is 0.186 e. The van der Waals surface area contributed by atoms with Crippen molar-refractivity contribution in [3.8, 4) is 0 Å². The third-order valence-electron chi connectivity index (χ3n) is 4.04. The second-order valence-electron chi connectivity index (χ2n) is 6.36. The van der Waals surface area contributed by atoms with E-state index in [0.717, 1.165) is 24.6 Å². The topological polar surface area (TPSA) is 28.2 Å².